The molecular weight excluding hydrogens is 343 g/mol. The highest BCUT2D eigenvalue weighted by Gasteiger charge is 2.24. The lowest BCUT2D eigenvalue weighted by molar-refractivity contribution is -0.883. The number of halogens is 2. The summed E-state index contributed by atoms with van der Waals surface area (Å²) in [6.45, 7) is 4.25. The molecule has 1 saturated heterocycles. The largest absolute Gasteiger partial charge is 0.360 e. The molecule has 2 heterocycles. The number of nitrogens with one attached hydrogen (secondary N) is 1. The summed E-state index contributed by atoms with van der Waals surface area (Å²) in [5.74, 6) is -0.194. The Morgan fingerprint density at radius 1 is 1.08 bits per heavy atom. The normalized spacial score (nSPS) is 17.8. The van der Waals surface area contributed by atoms with E-state index in [9.17, 15) is 4.39 Å². The molecule has 24 heavy (non-hydrogen) atoms. The van der Waals surface area contributed by atoms with Crippen LogP contribution in [0.4, 0.5) is 4.39 Å². The highest BCUT2D eigenvalue weighted by atomic mass is 35.5. The van der Waals surface area contributed by atoms with Crippen molar-refractivity contribution in [1.29, 1.82) is 0 Å². The first-order valence-electron chi connectivity index (χ1n) is 8.15. The maximum Gasteiger partial charge on any atom is 0.124 e. The Morgan fingerprint density at radius 3 is 2.67 bits per heavy atom. The molecular formula is C19H19ClFN2S+. The minimum Gasteiger partial charge on any atom is -0.360 e. The number of fused-ring (bicyclic) bond motifs is 2. The maximum atomic E-state index is 13.8. The number of hydrogen-bond donors (Lipinski definition) is 1. The molecule has 2 aromatic carbocycles. The van der Waals surface area contributed by atoms with Crippen LogP contribution in [-0.2, 0) is 0 Å². The van der Waals surface area contributed by atoms with Gasteiger partial charge in [0.25, 0.3) is 0 Å². The van der Waals surface area contributed by atoms with Gasteiger partial charge in [-0.15, -0.1) is 0 Å². The van der Waals surface area contributed by atoms with Crippen LogP contribution in [0.2, 0.25) is 5.02 Å². The van der Waals surface area contributed by atoms with Crippen molar-refractivity contribution < 1.29 is 9.29 Å². The molecule has 0 spiro atoms. The highest BCUT2D eigenvalue weighted by molar-refractivity contribution is 7.99. The molecule has 0 bridgehead atoms. The second-order valence-electron chi connectivity index (χ2n) is 6.40. The average molecular weight is 362 g/mol. The number of rotatable bonds is 1. The van der Waals surface area contributed by atoms with Crippen molar-refractivity contribution in [3.8, 4) is 0 Å². The second kappa shape index (κ2) is 6.43. The molecule has 124 valence electrons. The van der Waals surface area contributed by atoms with Crippen LogP contribution in [0.3, 0.4) is 0 Å². The Hall–Kier alpha value is -1.49. The second-order valence-corrected chi connectivity index (χ2v) is 7.92. The highest BCUT2D eigenvalue weighted by Crippen LogP contribution is 2.42. The molecule has 0 atom stereocenters. The lowest BCUT2D eigenvalue weighted by Crippen LogP contribution is -3.11. The van der Waals surface area contributed by atoms with Crippen LogP contribution < -0.4 is 4.90 Å². The number of hydrogen-bond acceptors (Lipinski definition) is 2. The predicted octanol–water partition coefficient (Wildman–Crippen LogP) is 3.27. The SMILES string of the molecule is C[NH+]1CCN(C2=Cc3cc(Cl)ccc3Sc3cc(F)ccc32)CC1. The van der Waals surface area contributed by atoms with Gasteiger partial charge in [0, 0.05) is 26.1 Å². The summed E-state index contributed by atoms with van der Waals surface area (Å²) in [5, 5.41) is 0.727. The predicted molar refractivity (Wildman–Crippen MR) is 98.0 cm³/mol. The first-order chi connectivity index (χ1) is 11.6. The van der Waals surface area contributed by atoms with Gasteiger partial charge in [-0.25, -0.2) is 4.39 Å². The van der Waals surface area contributed by atoms with E-state index < -0.39 is 0 Å². The van der Waals surface area contributed by atoms with E-state index in [4.69, 9.17) is 11.6 Å². The third-order valence-corrected chi connectivity index (χ3v) is 6.05. The summed E-state index contributed by atoms with van der Waals surface area (Å²) >= 11 is 7.82. The van der Waals surface area contributed by atoms with Crippen LogP contribution in [0.5, 0.6) is 0 Å². The fraction of sp³-hybridized carbons (Fsp3) is 0.263. The molecule has 0 amide bonds. The molecule has 2 nitrogen and oxygen atoms in total. The maximum absolute atomic E-state index is 13.8. The molecule has 2 aliphatic heterocycles. The Morgan fingerprint density at radius 2 is 1.88 bits per heavy atom. The summed E-state index contributed by atoms with van der Waals surface area (Å²) in [5.41, 5.74) is 3.38. The van der Waals surface area contributed by atoms with Crippen LogP contribution in [0.15, 0.2) is 46.2 Å². The van der Waals surface area contributed by atoms with Crippen molar-refractivity contribution in [2.24, 2.45) is 0 Å². The molecule has 0 aliphatic carbocycles. The van der Waals surface area contributed by atoms with Gasteiger partial charge in [-0.2, -0.15) is 0 Å². The fourth-order valence-corrected chi connectivity index (χ4v) is 4.50. The van der Waals surface area contributed by atoms with Gasteiger partial charge in [-0.3, -0.25) is 0 Å². The Bertz CT molecular complexity index is 813. The Kier molecular flexibility index (Phi) is 4.29. The first-order valence-corrected chi connectivity index (χ1v) is 9.35. The summed E-state index contributed by atoms with van der Waals surface area (Å²) in [6, 6.07) is 11.0. The third-order valence-electron chi connectivity index (χ3n) is 4.66. The van der Waals surface area contributed by atoms with Crippen LogP contribution in [0.1, 0.15) is 11.1 Å². The molecule has 2 aliphatic rings. The van der Waals surface area contributed by atoms with E-state index in [1.54, 1.807) is 28.8 Å². The lowest BCUT2D eigenvalue weighted by atomic mass is 10.1. The zero-order valence-electron chi connectivity index (χ0n) is 13.5. The molecule has 0 saturated carbocycles. The summed E-state index contributed by atoms with van der Waals surface area (Å²) in [6.07, 6.45) is 2.21. The van der Waals surface area contributed by atoms with Gasteiger partial charge in [-0.1, -0.05) is 23.4 Å². The van der Waals surface area contributed by atoms with Crippen LogP contribution in [0, 0.1) is 5.82 Å². The quantitative estimate of drug-likeness (QED) is 0.833. The average Bonchev–Trinajstić information content (AvgIpc) is 2.71. The first kappa shape index (κ1) is 16.0. The van der Waals surface area contributed by atoms with Crippen molar-refractivity contribution in [3.05, 3.63) is 58.4 Å². The van der Waals surface area contributed by atoms with Crippen molar-refractivity contribution >= 4 is 35.1 Å². The molecule has 1 N–H and O–H groups in total. The van der Waals surface area contributed by atoms with E-state index >= 15 is 0 Å². The van der Waals surface area contributed by atoms with Gasteiger partial charge < -0.3 is 9.80 Å². The van der Waals surface area contributed by atoms with E-state index in [1.165, 1.54) is 5.70 Å². The van der Waals surface area contributed by atoms with Crippen LogP contribution in [-0.4, -0.2) is 38.1 Å². The lowest BCUT2D eigenvalue weighted by Gasteiger charge is -2.33. The number of piperazine rings is 1. The van der Waals surface area contributed by atoms with Gasteiger partial charge in [0.2, 0.25) is 0 Å². The van der Waals surface area contributed by atoms with Gasteiger partial charge in [-0.05, 0) is 48.0 Å². The van der Waals surface area contributed by atoms with E-state index in [0.717, 1.165) is 52.1 Å². The third kappa shape index (κ3) is 3.06. The minimum absolute atomic E-state index is 0.194. The number of nitrogens with zero attached hydrogens (tertiary/aromatic N) is 1. The van der Waals surface area contributed by atoms with Crippen molar-refractivity contribution in [3.63, 3.8) is 0 Å². The van der Waals surface area contributed by atoms with Crippen LogP contribution in [0.25, 0.3) is 11.8 Å². The topological polar surface area (TPSA) is 7.68 Å². The van der Waals surface area contributed by atoms with Gasteiger partial charge in [0.1, 0.15) is 5.82 Å². The zero-order valence-corrected chi connectivity index (χ0v) is 15.1. The molecule has 4 rings (SSSR count). The summed E-state index contributed by atoms with van der Waals surface area (Å²) < 4.78 is 13.8. The molecule has 2 aromatic rings. The van der Waals surface area contributed by atoms with E-state index in [2.05, 4.69) is 18.0 Å². The number of quaternary nitrogens is 1. The van der Waals surface area contributed by atoms with Crippen LogP contribution >= 0.6 is 23.4 Å². The monoisotopic (exact) mass is 361 g/mol. The zero-order chi connectivity index (χ0) is 16.7. The van der Waals surface area contributed by atoms with E-state index in [-0.39, 0.29) is 5.82 Å². The van der Waals surface area contributed by atoms with Gasteiger partial charge in [0.05, 0.1) is 33.2 Å². The minimum atomic E-state index is -0.194. The van der Waals surface area contributed by atoms with E-state index in [1.807, 2.05) is 24.3 Å². The van der Waals surface area contributed by atoms with Crippen molar-refractivity contribution in [1.82, 2.24) is 4.90 Å². The molecule has 0 aromatic heterocycles. The molecule has 1 fully saturated rings. The van der Waals surface area contributed by atoms with Crippen molar-refractivity contribution in [2.45, 2.75) is 9.79 Å². The number of likely N-dealkylation sites (N-methyl/N-ethyl adjacent to an activating group) is 1. The number of benzene rings is 2. The smallest absolute Gasteiger partial charge is 0.124 e. The van der Waals surface area contributed by atoms with E-state index in [0.29, 0.717) is 0 Å². The summed E-state index contributed by atoms with van der Waals surface area (Å²) in [4.78, 5) is 6.05. The summed E-state index contributed by atoms with van der Waals surface area (Å²) in [7, 11) is 2.23. The Balaban J connectivity index is 1.85. The molecule has 0 unspecified atom stereocenters. The molecule has 5 heteroatoms. The van der Waals surface area contributed by atoms with Gasteiger partial charge in [0.15, 0.2) is 0 Å². The fourth-order valence-electron chi connectivity index (χ4n) is 3.25. The Labute approximate surface area is 150 Å². The van der Waals surface area contributed by atoms with Crippen molar-refractivity contribution in [2.75, 3.05) is 33.2 Å². The molecule has 0 radical (unpaired) electrons. The van der Waals surface area contributed by atoms with Gasteiger partial charge >= 0.3 is 0 Å². The standard InChI is InChI=1S/C19H18ClFN2S/c1-22-6-8-23(9-7-22)17-11-13-10-14(20)2-5-18(13)24-19-12-15(21)3-4-16(17)19/h2-5,10-12H,6-9H2,1H3/p+1.